The van der Waals surface area contributed by atoms with Crippen LogP contribution in [-0.4, -0.2) is 18.2 Å². The Morgan fingerprint density at radius 3 is 2.44 bits per heavy atom. The lowest BCUT2D eigenvalue weighted by Crippen LogP contribution is -2.34. The zero-order valence-electron chi connectivity index (χ0n) is 10.4. The van der Waals surface area contributed by atoms with Gasteiger partial charge in [0.2, 0.25) is 0 Å². The van der Waals surface area contributed by atoms with E-state index in [0.29, 0.717) is 17.5 Å². The lowest BCUT2D eigenvalue weighted by Gasteiger charge is -2.31. The molecule has 1 unspecified atom stereocenters. The zero-order chi connectivity index (χ0) is 12.3. The maximum absolute atomic E-state index is 13.5. The highest BCUT2D eigenvalue weighted by atomic mass is 19.1. The first-order valence-corrected chi connectivity index (χ1v) is 5.60. The highest BCUT2D eigenvalue weighted by Crippen LogP contribution is 2.25. The van der Waals surface area contributed by atoms with Gasteiger partial charge in [-0.3, -0.25) is 0 Å². The average molecular weight is 225 g/mol. The highest BCUT2D eigenvalue weighted by molar-refractivity contribution is 5.54. The Kier molecular flexibility index (Phi) is 4.30. The van der Waals surface area contributed by atoms with Crippen LogP contribution in [0.25, 0.3) is 0 Å². The largest absolute Gasteiger partial charge is 0.391 e. The number of aliphatic hydroxyl groups is 1. The summed E-state index contributed by atoms with van der Waals surface area (Å²) >= 11 is 0. The Bertz CT molecular complexity index is 352. The predicted molar refractivity (Wildman–Crippen MR) is 65.0 cm³/mol. The molecule has 1 atom stereocenters. The number of aliphatic hydroxyl groups excluding tert-OH is 1. The van der Waals surface area contributed by atoms with Crippen molar-refractivity contribution in [2.75, 3.05) is 11.9 Å². The van der Waals surface area contributed by atoms with Crippen LogP contribution >= 0.6 is 0 Å². The van der Waals surface area contributed by atoms with Crippen molar-refractivity contribution in [1.82, 2.24) is 0 Å². The van der Waals surface area contributed by atoms with Gasteiger partial charge in [-0.1, -0.05) is 19.9 Å². The van der Waals surface area contributed by atoms with E-state index in [9.17, 15) is 9.50 Å². The van der Waals surface area contributed by atoms with Gasteiger partial charge < -0.3 is 10.0 Å². The Balaban J connectivity index is 3.08. The van der Waals surface area contributed by atoms with Crippen LogP contribution < -0.4 is 4.90 Å². The van der Waals surface area contributed by atoms with Crippen molar-refractivity contribution in [3.8, 4) is 0 Å². The number of benzene rings is 1. The number of anilines is 1. The van der Waals surface area contributed by atoms with E-state index in [1.165, 1.54) is 6.07 Å². The molecule has 3 heteroatoms. The molecule has 1 aromatic rings. The van der Waals surface area contributed by atoms with Crippen molar-refractivity contribution in [3.63, 3.8) is 0 Å². The first kappa shape index (κ1) is 13.0. The zero-order valence-corrected chi connectivity index (χ0v) is 10.4. The molecule has 0 amide bonds. The van der Waals surface area contributed by atoms with Gasteiger partial charge in [-0.15, -0.1) is 0 Å². The molecule has 0 aliphatic rings. The van der Waals surface area contributed by atoms with E-state index < -0.39 is 0 Å². The van der Waals surface area contributed by atoms with E-state index in [1.54, 1.807) is 6.07 Å². The Morgan fingerprint density at radius 1 is 1.31 bits per heavy atom. The monoisotopic (exact) mass is 225 g/mol. The van der Waals surface area contributed by atoms with Gasteiger partial charge in [0.15, 0.2) is 0 Å². The van der Waals surface area contributed by atoms with E-state index in [0.717, 1.165) is 5.69 Å². The SMILES string of the molecule is CC(C)C(C)N(C)c1cccc(F)c1CO. The molecule has 2 nitrogen and oxygen atoms in total. The van der Waals surface area contributed by atoms with Gasteiger partial charge in [0.05, 0.1) is 6.61 Å². The molecule has 0 aliphatic heterocycles. The third-order valence-corrected chi connectivity index (χ3v) is 3.21. The second-order valence-electron chi connectivity index (χ2n) is 4.49. The smallest absolute Gasteiger partial charge is 0.130 e. The lowest BCUT2D eigenvalue weighted by molar-refractivity contribution is 0.275. The van der Waals surface area contributed by atoms with Gasteiger partial charge in [0.1, 0.15) is 5.82 Å². The molecule has 1 N–H and O–H groups in total. The van der Waals surface area contributed by atoms with E-state index in [2.05, 4.69) is 20.8 Å². The maximum Gasteiger partial charge on any atom is 0.130 e. The topological polar surface area (TPSA) is 23.5 Å². The minimum absolute atomic E-state index is 0.267. The molecule has 90 valence electrons. The van der Waals surface area contributed by atoms with E-state index in [1.807, 2.05) is 18.0 Å². The number of hydrogen-bond acceptors (Lipinski definition) is 2. The second-order valence-corrected chi connectivity index (χ2v) is 4.49. The average Bonchev–Trinajstić information content (AvgIpc) is 2.26. The molecule has 0 bridgehead atoms. The predicted octanol–water partition coefficient (Wildman–Crippen LogP) is 2.80. The van der Waals surface area contributed by atoms with Gasteiger partial charge in [0.25, 0.3) is 0 Å². The summed E-state index contributed by atoms with van der Waals surface area (Å²) in [5, 5.41) is 9.20. The summed E-state index contributed by atoms with van der Waals surface area (Å²) in [7, 11) is 1.93. The number of rotatable bonds is 4. The minimum atomic E-state index is -0.345. The fourth-order valence-electron chi connectivity index (χ4n) is 1.70. The summed E-state index contributed by atoms with van der Waals surface area (Å²) in [6, 6.07) is 5.19. The quantitative estimate of drug-likeness (QED) is 0.851. The van der Waals surface area contributed by atoms with Crippen LogP contribution in [0.5, 0.6) is 0 Å². The van der Waals surface area contributed by atoms with Crippen molar-refractivity contribution in [1.29, 1.82) is 0 Å². The standard InChI is InChI=1S/C13H20FNO/c1-9(2)10(3)15(4)13-7-5-6-12(14)11(13)8-16/h5-7,9-10,16H,8H2,1-4H3. The molecule has 0 heterocycles. The molecular formula is C13H20FNO. The molecule has 0 fully saturated rings. The van der Waals surface area contributed by atoms with Crippen LogP contribution in [0.4, 0.5) is 10.1 Å². The van der Waals surface area contributed by atoms with Crippen LogP contribution in [0.1, 0.15) is 26.3 Å². The van der Waals surface area contributed by atoms with Crippen molar-refractivity contribution >= 4 is 5.69 Å². The molecule has 1 rings (SSSR count). The van der Waals surface area contributed by atoms with Crippen LogP contribution in [0.3, 0.4) is 0 Å². The van der Waals surface area contributed by atoms with Crippen molar-refractivity contribution in [3.05, 3.63) is 29.6 Å². The molecule has 0 saturated heterocycles. The van der Waals surface area contributed by atoms with E-state index in [4.69, 9.17) is 0 Å². The number of hydrogen-bond donors (Lipinski definition) is 1. The fourth-order valence-corrected chi connectivity index (χ4v) is 1.70. The van der Waals surface area contributed by atoms with Crippen molar-refractivity contribution in [2.45, 2.75) is 33.4 Å². The van der Waals surface area contributed by atoms with Gasteiger partial charge in [-0.2, -0.15) is 0 Å². The van der Waals surface area contributed by atoms with Gasteiger partial charge in [-0.05, 0) is 25.0 Å². The summed E-state index contributed by atoms with van der Waals surface area (Å²) in [6.45, 7) is 6.08. The number of nitrogens with zero attached hydrogens (tertiary/aromatic N) is 1. The first-order chi connectivity index (χ1) is 7.49. The van der Waals surface area contributed by atoms with Gasteiger partial charge >= 0.3 is 0 Å². The third kappa shape index (κ3) is 2.53. The highest BCUT2D eigenvalue weighted by Gasteiger charge is 2.17. The van der Waals surface area contributed by atoms with Crippen LogP contribution in [0.15, 0.2) is 18.2 Å². The molecule has 0 spiro atoms. The van der Waals surface area contributed by atoms with Crippen LogP contribution in [0.2, 0.25) is 0 Å². The first-order valence-electron chi connectivity index (χ1n) is 5.60. The maximum atomic E-state index is 13.5. The van der Waals surface area contributed by atoms with E-state index in [-0.39, 0.29) is 12.4 Å². The summed E-state index contributed by atoms with van der Waals surface area (Å²) in [5.41, 5.74) is 1.14. The van der Waals surface area contributed by atoms with Crippen LogP contribution in [0, 0.1) is 11.7 Å². The molecule has 0 aromatic heterocycles. The third-order valence-electron chi connectivity index (χ3n) is 3.21. The summed E-state index contributed by atoms with van der Waals surface area (Å²) < 4.78 is 13.5. The molecule has 1 aromatic carbocycles. The second kappa shape index (κ2) is 5.30. The Hall–Kier alpha value is -1.09. The Morgan fingerprint density at radius 2 is 1.94 bits per heavy atom. The fraction of sp³-hybridized carbons (Fsp3) is 0.538. The molecular weight excluding hydrogens is 205 g/mol. The van der Waals surface area contributed by atoms with Gasteiger partial charge in [0, 0.05) is 24.3 Å². The molecule has 16 heavy (non-hydrogen) atoms. The van der Waals surface area contributed by atoms with Crippen LogP contribution in [-0.2, 0) is 6.61 Å². The normalized spacial score (nSPS) is 12.9. The van der Waals surface area contributed by atoms with Gasteiger partial charge in [-0.25, -0.2) is 4.39 Å². The summed E-state index contributed by atoms with van der Waals surface area (Å²) in [6.07, 6.45) is 0. The lowest BCUT2D eigenvalue weighted by atomic mass is 10.0. The summed E-state index contributed by atoms with van der Waals surface area (Å²) in [5.74, 6) is 0.127. The molecule has 0 radical (unpaired) electrons. The Labute approximate surface area is 96.7 Å². The summed E-state index contributed by atoms with van der Waals surface area (Å²) in [4.78, 5) is 2.01. The minimum Gasteiger partial charge on any atom is -0.391 e. The van der Waals surface area contributed by atoms with E-state index >= 15 is 0 Å². The number of halogens is 1. The van der Waals surface area contributed by atoms with Crippen molar-refractivity contribution < 1.29 is 9.50 Å². The van der Waals surface area contributed by atoms with Crippen molar-refractivity contribution in [2.24, 2.45) is 5.92 Å². The molecule has 0 aliphatic carbocycles. The molecule has 0 saturated carbocycles.